The zero-order chi connectivity index (χ0) is 9.68. The number of amides is 1. The summed E-state index contributed by atoms with van der Waals surface area (Å²) in [5.74, 6) is 0.0724. The standard InChI is InChI=1S/C9H17NO3/c1-7(6-11)5-10-9(12)8-3-2-4-13-8/h7-8,11H,2-6H2,1H3,(H,10,12)/t7?,8-/m0/s1. The molecule has 1 fully saturated rings. The molecule has 0 bridgehead atoms. The summed E-state index contributed by atoms with van der Waals surface area (Å²) >= 11 is 0. The Bertz CT molecular complexity index is 166. The van der Waals surface area contributed by atoms with Gasteiger partial charge in [0.05, 0.1) is 0 Å². The van der Waals surface area contributed by atoms with Crippen LogP contribution in [-0.4, -0.2) is 36.9 Å². The van der Waals surface area contributed by atoms with E-state index in [-0.39, 0.29) is 24.5 Å². The molecule has 0 aromatic rings. The average Bonchev–Trinajstić information content (AvgIpc) is 2.66. The highest BCUT2D eigenvalue weighted by molar-refractivity contribution is 5.80. The number of ether oxygens (including phenoxy) is 1. The molecule has 0 saturated carbocycles. The third kappa shape index (κ3) is 3.32. The van der Waals surface area contributed by atoms with Crippen molar-refractivity contribution in [3.8, 4) is 0 Å². The molecule has 4 heteroatoms. The Morgan fingerprint density at radius 1 is 1.77 bits per heavy atom. The minimum absolute atomic E-state index is 0.0437. The normalized spacial score (nSPS) is 24.3. The fraction of sp³-hybridized carbons (Fsp3) is 0.889. The van der Waals surface area contributed by atoms with Gasteiger partial charge in [0.25, 0.3) is 0 Å². The van der Waals surface area contributed by atoms with Crippen LogP contribution in [0.5, 0.6) is 0 Å². The molecule has 76 valence electrons. The second-order valence-corrected chi connectivity index (χ2v) is 3.53. The van der Waals surface area contributed by atoms with Crippen LogP contribution in [0.2, 0.25) is 0 Å². The molecule has 0 spiro atoms. The van der Waals surface area contributed by atoms with Crippen molar-refractivity contribution in [3.05, 3.63) is 0 Å². The fourth-order valence-electron chi connectivity index (χ4n) is 1.24. The minimum Gasteiger partial charge on any atom is -0.396 e. The zero-order valence-electron chi connectivity index (χ0n) is 7.95. The number of hydrogen-bond acceptors (Lipinski definition) is 3. The van der Waals surface area contributed by atoms with Gasteiger partial charge in [-0.05, 0) is 18.8 Å². The van der Waals surface area contributed by atoms with Gasteiger partial charge >= 0.3 is 0 Å². The van der Waals surface area contributed by atoms with Crippen LogP contribution < -0.4 is 5.32 Å². The molecule has 0 aromatic heterocycles. The Morgan fingerprint density at radius 3 is 3.08 bits per heavy atom. The number of carbonyl (C=O) groups excluding carboxylic acids is 1. The van der Waals surface area contributed by atoms with Crippen LogP contribution in [0, 0.1) is 5.92 Å². The van der Waals surface area contributed by atoms with E-state index in [1.165, 1.54) is 0 Å². The summed E-state index contributed by atoms with van der Waals surface area (Å²) in [7, 11) is 0. The van der Waals surface area contributed by atoms with Crippen LogP contribution in [-0.2, 0) is 9.53 Å². The van der Waals surface area contributed by atoms with Gasteiger partial charge in [0, 0.05) is 19.8 Å². The van der Waals surface area contributed by atoms with Gasteiger partial charge in [-0.15, -0.1) is 0 Å². The summed E-state index contributed by atoms with van der Waals surface area (Å²) in [6.07, 6.45) is 1.53. The van der Waals surface area contributed by atoms with Gasteiger partial charge in [-0.25, -0.2) is 0 Å². The van der Waals surface area contributed by atoms with E-state index >= 15 is 0 Å². The maximum Gasteiger partial charge on any atom is 0.249 e. The van der Waals surface area contributed by atoms with Crippen molar-refractivity contribution in [2.45, 2.75) is 25.9 Å². The van der Waals surface area contributed by atoms with Crippen LogP contribution in [0.15, 0.2) is 0 Å². The van der Waals surface area contributed by atoms with Crippen LogP contribution >= 0.6 is 0 Å². The lowest BCUT2D eigenvalue weighted by molar-refractivity contribution is -0.130. The third-order valence-corrected chi connectivity index (χ3v) is 2.16. The summed E-state index contributed by atoms with van der Waals surface area (Å²) in [6.45, 7) is 3.20. The van der Waals surface area contributed by atoms with Crippen molar-refractivity contribution in [2.24, 2.45) is 5.92 Å². The highest BCUT2D eigenvalue weighted by atomic mass is 16.5. The van der Waals surface area contributed by atoms with Gasteiger partial charge in [-0.2, -0.15) is 0 Å². The SMILES string of the molecule is CC(CO)CNC(=O)[C@@H]1CCCO1. The van der Waals surface area contributed by atoms with Gasteiger partial charge in [-0.3, -0.25) is 4.79 Å². The molecule has 1 aliphatic heterocycles. The molecular formula is C9H17NO3. The van der Waals surface area contributed by atoms with Gasteiger partial charge in [-0.1, -0.05) is 6.92 Å². The molecule has 0 radical (unpaired) electrons. The van der Waals surface area contributed by atoms with E-state index in [4.69, 9.17) is 9.84 Å². The largest absolute Gasteiger partial charge is 0.396 e. The molecule has 1 heterocycles. The van der Waals surface area contributed by atoms with Crippen molar-refractivity contribution in [1.29, 1.82) is 0 Å². The topological polar surface area (TPSA) is 58.6 Å². The van der Waals surface area contributed by atoms with Gasteiger partial charge in [0.1, 0.15) is 6.10 Å². The van der Waals surface area contributed by atoms with Gasteiger partial charge in [0.15, 0.2) is 0 Å². The predicted molar refractivity (Wildman–Crippen MR) is 48.2 cm³/mol. The van der Waals surface area contributed by atoms with E-state index in [2.05, 4.69) is 5.32 Å². The van der Waals surface area contributed by atoms with Crippen molar-refractivity contribution in [1.82, 2.24) is 5.32 Å². The van der Waals surface area contributed by atoms with Crippen molar-refractivity contribution < 1.29 is 14.6 Å². The first-order valence-corrected chi connectivity index (χ1v) is 4.74. The van der Waals surface area contributed by atoms with Crippen LogP contribution in [0.4, 0.5) is 0 Å². The van der Waals surface area contributed by atoms with E-state index in [0.717, 1.165) is 12.8 Å². The van der Waals surface area contributed by atoms with Gasteiger partial charge in [0.2, 0.25) is 5.91 Å². The summed E-state index contributed by atoms with van der Waals surface area (Å²) < 4.78 is 5.21. The molecule has 1 rings (SSSR count). The zero-order valence-corrected chi connectivity index (χ0v) is 7.95. The van der Waals surface area contributed by atoms with E-state index in [1.807, 2.05) is 6.92 Å². The second kappa shape index (κ2) is 5.19. The molecule has 0 aliphatic carbocycles. The maximum atomic E-state index is 11.3. The molecule has 1 unspecified atom stereocenters. The molecule has 0 aromatic carbocycles. The van der Waals surface area contributed by atoms with Crippen molar-refractivity contribution in [2.75, 3.05) is 19.8 Å². The maximum absolute atomic E-state index is 11.3. The lowest BCUT2D eigenvalue weighted by Gasteiger charge is -2.12. The monoisotopic (exact) mass is 187 g/mol. The molecule has 4 nitrogen and oxygen atoms in total. The Morgan fingerprint density at radius 2 is 2.54 bits per heavy atom. The highest BCUT2D eigenvalue weighted by Gasteiger charge is 2.23. The molecule has 13 heavy (non-hydrogen) atoms. The smallest absolute Gasteiger partial charge is 0.249 e. The Labute approximate surface area is 78.3 Å². The molecular weight excluding hydrogens is 170 g/mol. The first-order chi connectivity index (χ1) is 6.24. The fourth-order valence-corrected chi connectivity index (χ4v) is 1.24. The van der Waals surface area contributed by atoms with Crippen molar-refractivity contribution >= 4 is 5.91 Å². The molecule has 2 N–H and O–H groups in total. The van der Waals surface area contributed by atoms with Crippen LogP contribution in [0.3, 0.4) is 0 Å². The minimum atomic E-state index is -0.258. The number of aliphatic hydroxyl groups is 1. The highest BCUT2D eigenvalue weighted by Crippen LogP contribution is 2.11. The quantitative estimate of drug-likeness (QED) is 0.646. The lowest BCUT2D eigenvalue weighted by Crippen LogP contribution is -2.37. The van der Waals surface area contributed by atoms with E-state index in [9.17, 15) is 4.79 Å². The first kappa shape index (κ1) is 10.5. The van der Waals surface area contributed by atoms with Crippen LogP contribution in [0.1, 0.15) is 19.8 Å². The number of hydrogen-bond donors (Lipinski definition) is 2. The van der Waals surface area contributed by atoms with Gasteiger partial charge < -0.3 is 15.2 Å². The number of rotatable bonds is 4. The average molecular weight is 187 g/mol. The van der Waals surface area contributed by atoms with E-state index in [1.54, 1.807) is 0 Å². The lowest BCUT2D eigenvalue weighted by atomic mass is 10.2. The number of aliphatic hydroxyl groups excluding tert-OH is 1. The summed E-state index contributed by atoms with van der Waals surface area (Å²) in [5, 5.41) is 11.5. The predicted octanol–water partition coefficient (Wildman–Crippen LogP) is -0.0900. The Hall–Kier alpha value is -0.610. The second-order valence-electron chi connectivity index (χ2n) is 3.53. The molecule has 1 saturated heterocycles. The summed E-state index contributed by atoms with van der Waals surface area (Å²) in [5.41, 5.74) is 0. The first-order valence-electron chi connectivity index (χ1n) is 4.74. The molecule has 1 aliphatic rings. The van der Waals surface area contributed by atoms with E-state index in [0.29, 0.717) is 13.2 Å². The van der Waals surface area contributed by atoms with Crippen LogP contribution in [0.25, 0.3) is 0 Å². The molecule has 2 atom stereocenters. The molecule has 1 amide bonds. The van der Waals surface area contributed by atoms with Crippen molar-refractivity contribution in [3.63, 3.8) is 0 Å². The summed E-state index contributed by atoms with van der Waals surface area (Å²) in [4.78, 5) is 11.3. The Kier molecular flexibility index (Phi) is 4.18. The number of nitrogens with one attached hydrogen (secondary N) is 1. The Balaban J connectivity index is 2.16. The van der Waals surface area contributed by atoms with E-state index < -0.39 is 0 Å². The number of carbonyl (C=O) groups is 1. The summed E-state index contributed by atoms with van der Waals surface area (Å²) in [6, 6.07) is 0. The third-order valence-electron chi connectivity index (χ3n) is 2.16.